The van der Waals surface area contributed by atoms with Gasteiger partial charge in [0.05, 0.1) is 25.9 Å². The number of rotatable bonds is 6. The number of hydrogen-bond donors (Lipinski definition) is 0. The lowest BCUT2D eigenvalue weighted by Crippen LogP contribution is -2.29. The molecule has 3 rings (SSSR count). The molecule has 1 amide bonds. The third kappa shape index (κ3) is 3.87. The zero-order valence-corrected chi connectivity index (χ0v) is 17.7. The molecule has 0 bridgehead atoms. The van der Waals surface area contributed by atoms with E-state index >= 15 is 0 Å². The van der Waals surface area contributed by atoms with Gasteiger partial charge < -0.3 is 14.4 Å². The summed E-state index contributed by atoms with van der Waals surface area (Å²) >= 11 is 3.42. The van der Waals surface area contributed by atoms with E-state index in [1.54, 1.807) is 49.3 Å². The summed E-state index contributed by atoms with van der Waals surface area (Å²) in [6, 6.07) is 11.1. The molecule has 0 spiro atoms. The number of benzene rings is 2. The van der Waals surface area contributed by atoms with Crippen molar-refractivity contribution in [3.05, 3.63) is 64.7 Å². The molecule has 3 aromatic rings. The van der Waals surface area contributed by atoms with Crippen LogP contribution >= 0.6 is 15.9 Å². The van der Waals surface area contributed by atoms with Crippen LogP contribution in [0, 0.1) is 0 Å². The van der Waals surface area contributed by atoms with E-state index in [1.807, 2.05) is 31.2 Å². The highest BCUT2D eigenvalue weighted by Gasteiger charge is 2.22. The number of carbonyl (C=O) groups is 1. The molecule has 0 aliphatic heterocycles. The first-order valence-corrected chi connectivity index (χ1v) is 9.39. The van der Waals surface area contributed by atoms with Crippen LogP contribution in [0.4, 0.5) is 0 Å². The van der Waals surface area contributed by atoms with Gasteiger partial charge in [-0.25, -0.2) is 9.67 Å². The maximum atomic E-state index is 13.0. The standard InChI is InChI=1S/C20H21BrN4O3/c1-13(14-5-7-16(8-6-14)25-12-22-11-23-25)24(2)20(26)15-9-17(27-3)19(21)18(10-15)28-4/h5-13H,1-4H3. The Hall–Kier alpha value is -2.87. The second-order valence-corrected chi connectivity index (χ2v) is 7.01. The molecule has 2 aromatic carbocycles. The summed E-state index contributed by atoms with van der Waals surface area (Å²) in [5.74, 6) is 0.957. The van der Waals surface area contributed by atoms with Crippen LogP contribution < -0.4 is 9.47 Å². The Morgan fingerprint density at radius 3 is 2.25 bits per heavy atom. The van der Waals surface area contributed by atoms with Gasteiger partial charge in [0, 0.05) is 12.6 Å². The van der Waals surface area contributed by atoms with Crippen LogP contribution in [0.15, 0.2) is 53.5 Å². The van der Waals surface area contributed by atoms with E-state index in [9.17, 15) is 4.79 Å². The van der Waals surface area contributed by atoms with E-state index in [0.29, 0.717) is 21.5 Å². The molecule has 1 atom stereocenters. The number of nitrogens with zero attached hydrogens (tertiary/aromatic N) is 4. The largest absolute Gasteiger partial charge is 0.495 e. The van der Waals surface area contributed by atoms with E-state index in [-0.39, 0.29) is 11.9 Å². The number of amides is 1. The molecule has 28 heavy (non-hydrogen) atoms. The van der Waals surface area contributed by atoms with E-state index in [1.165, 1.54) is 6.33 Å². The monoisotopic (exact) mass is 444 g/mol. The first-order valence-electron chi connectivity index (χ1n) is 8.60. The van der Waals surface area contributed by atoms with Crippen LogP contribution in [0.5, 0.6) is 11.5 Å². The van der Waals surface area contributed by atoms with Gasteiger partial charge in [0.25, 0.3) is 5.91 Å². The van der Waals surface area contributed by atoms with Crippen molar-refractivity contribution in [1.82, 2.24) is 19.7 Å². The third-order valence-electron chi connectivity index (χ3n) is 4.65. The molecule has 8 heteroatoms. The lowest BCUT2D eigenvalue weighted by molar-refractivity contribution is 0.0742. The van der Waals surface area contributed by atoms with Crippen LogP contribution in [-0.4, -0.2) is 46.8 Å². The molecule has 1 heterocycles. The summed E-state index contributed by atoms with van der Waals surface area (Å²) in [7, 11) is 4.88. The van der Waals surface area contributed by atoms with Gasteiger partial charge in [-0.05, 0) is 52.7 Å². The van der Waals surface area contributed by atoms with Crippen LogP contribution in [0.25, 0.3) is 5.69 Å². The fraction of sp³-hybridized carbons (Fsp3) is 0.250. The number of ether oxygens (including phenoxy) is 2. The fourth-order valence-electron chi connectivity index (χ4n) is 2.84. The minimum absolute atomic E-state index is 0.127. The average molecular weight is 445 g/mol. The summed E-state index contributed by atoms with van der Waals surface area (Å²) in [5, 5.41) is 4.12. The van der Waals surface area contributed by atoms with Crippen molar-refractivity contribution in [3.63, 3.8) is 0 Å². The smallest absolute Gasteiger partial charge is 0.254 e. The van der Waals surface area contributed by atoms with Crippen molar-refractivity contribution in [1.29, 1.82) is 0 Å². The molecule has 0 N–H and O–H groups in total. The van der Waals surface area contributed by atoms with Gasteiger partial charge in [0.15, 0.2) is 0 Å². The second kappa shape index (κ2) is 8.43. The summed E-state index contributed by atoms with van der Waals surface area (Å²) in [6.07, 6.45) is 3.13. The van der Waals surface area contributed by atoms with Crippen molar-refractivity contribution in [2.75, 3.05) is 21.3 Å². The second-order valence-electron chi connectivity index (χ2n) is 6.22. The van der Waals surface area contributed by atoms with Crippen molar-refractivity contribution < 1.29 is 14.3 Å². The van der Waals surface area contributed by atoms with E-state index in [0.717, 1.165) is 11.3 Å². The molecule has 0 saturated heterocycles. The van der Waals surface area contributed by atoms with Gasteiger partial charge in [-0.2, -0.15) is 5.10 Å². The molecular formula is C20H21BrN4O3. The Balaban J connectivity index is 1.83. The average Bonchev–Trinajstić information content (AvgIpc) is 3.27. The van der Waals surface area contributed by atoms with Crippen molar-refractivity contribution in [3.8, 4) is 17.2 Å². The van der Waals surface area contributed by atoms with Gasteiger partial charge in [-0.15, -0.1) is 0 Å². The highest BCUT2D eigenvalue weighted by atomic mass is 79.9. The molecule has 0 radical (unpaired) electrons. The Morgan fingerprint density at radius 1 is 1.14 bits per heavy atom. The minimum atomic E-state index is -0.128. The molecule has 7 nitrogen and oxygen atoms in total. The summed E-state index contributed by atoms with van der Waals surface area (Å²) < 4.78 is 13.0. The Kier molecular flexibility index (Phi) is 5.99. The molecule has 0 aliphatic carbocycles. The Morgan fingerprint density at radius 2 is 1.75 bits per heavy atom. The van der Waals surface area contributed by atoms with Gasteiger partial charge in [0.1, 0.15) is 28.6 Å². The van der Waals surface area contributed by atoms with Gasteiger partial charge >= 0.3 is 0 Å². The van der Waals surface area contributed by atoms with Gasteiger partial charge in [-0.3, -0.25) is 4.79 Å². The molecule has 0 aliphatic rings. The summed E-state index contributed by atoms with van der Waals surface area (Å²) in [4.78, 5) is 18.7. The normalized spacial score (nSPS) is 11.8. The van der Waals surface area contributed by atoms with Crippen LogP contribution in [0.1, 0.15) is 28.9 Å². The number of aromatic nitrogens is 3. The number of halogens is 1. The zero-order chi connectivity index (χ0) is 20.3. The summed E-state index contributed by atoms with van der Waals surface area (Å²) in [6.45, 7) is 1.98. The molecule has 1 unspecified atom stereocenters. The molecule has 0 fully saturated rings. The lowest BCUT2D eigenvalue weighted by Gasteiger charge is -2.26. The molecule has 1 aromatic heterocycles. The van der Waals surface area contributed by atoms with Crippen molar-refractivity contribution in [2.24, 2.45) is 0 Å². The highest BCUT2D eigenvalue weighted by Crippen LogP contribution is 2.36. The Labute approximate surface area is 172 Å². The molecule has 0 saturated carbocycles. The van der Waals surface area contributed by atoms with Crippen LogP contribution in [0.2, 0.25) is 0 Å². The SMILES string of the molecule is COc1cc(C(=O)N(C)C(C)c2ccc(-n3cncn3)cc2)cc(OC)c1Br. The van der Waals surface area contributed by atoms with Crippen molar-refractivity contribution >= 4 is 21.8 Å². The van der Waals surface area contributed by atoms with Crippen LogP contribution in [-0.2, 0) is 0 Å². The molecule has 146 valence electrons. The van der Waals surface area contributed by atoms with E-state index < -0.39 is 0 Å². The summed E-state index contributed by atoms with van der Waals surface area (Å²) in [5.41, 5.74) is 2.41. The number of carbonyl (C=O) groups excluding carboxylic acids is 1. The minimum Gasteiger partial charge on any atom is -0.495 e. The highest BCUT2D eigenvalue weighted by molar-refractivity contribution is 9.10. The maximum absolute atomic E-state index is 13.0. The number of methoxy groups -OCH3 is 2. The Bertz CT molecular complexity index is 933. The van der Waals surface area contributed by atoms with Gasteiger partial charge in [0.2, 0.25) is 0 Å². The zero-order valence-electron chi connectivity index (χ0n) is 16.1. The maximum Gasteiger partial charge on any atom is 0.254 e. The predicted octanol–water partition coefficient (Wildman–Crippen LogP) is 3.88. The first kappa shape index (κ1) is 19.9. The topological polar surface area (TPSA) is 69.5 Å². The third-order valence-corrected chi connectivity index (χ3v) is 5.43. The van der Waals surface area contributed by atoms with E-state index in [4.69, 9.17) is 9.47 Å². The van der Waals surface area contributed by atoms with Crippen LogP contribution in [0.3, 0.4) is 0 Å². The number of hydrogen-bond acceptors (Lipinski definition) is 5. The van der Waals surface area contributed by atoms with Crippen molar-refractivity contribution in [2.45, 2.75) is 13.0 Å². The first-order chi connectivity index (χ1) is 13.5. The van der Waals surface area contributed by atoms with Gasteiger partial charge in [-0.1, -0.05) is 12.1 Å². The molecular weight excluding hydrogens is 424 g/mol. The fourth-order valence-corrected chi connectivity index (χ4v) is 3.40. The quantitative estimate of drug-likeness (QED) is 0.576. The van der Waals surface area contributed by atoms with E-state index in [2.05, 4.69) is 26.0 Å². The lowest BCUT2D eigenvalue weighted by atomic mass is 10.1. The predicted molar refractivity (Wildman–Crippen MR) is 109 cm³/mol.